The summed E-state index contributed by atoms with van der Waals surface area (Å²) in [6.45, 7) is 4.23. The van der Waals surface area contributed by atoms with Crippen molar-refractivity contribution in [3.8, 4) is 0 Å². The molecule has 1 aromatic carbocycles. The number of nitrogens with one attached hydrogen (secondary N) is 2. The second-order valence-corrected chi connectivity index (χ2v) is 5.73. The lowest BCUT2D eigenvalue weighted by Gasteiger charge is -2.35. The van der Waals surface area contributed by atoms with E-state index in [1.807, 2.05) is 24.3 Å². The molecule has 1 aliphatic heterocycles. The number of rotatable bonds is 2. The lowest BCUT2D eigenvalue weighted by Crippen LogP contribution is -2.48. The maximum atomic E-state index is 12.4. The van der Waals surface area contributed by atoms with E-state index in [0.29, 0.717) is 11.6 Å². The van der Waals surface area contributed by atoms with E-state index in [1.54, 1.807) is 0 Å². The van der Waals surface area contributed by atoms with Crippen molar-refractivity contribution in [2.45, 2.75) is 19.4 Å². The van der Waals surface area contributed by atoms with Crippen LogP contribution in [0, 0.1) is 5.92 Å². The molecule has 0 aliphatic carbocycles. The van der Waals surface area contributed by atoms with Crippen LogP contribution in [0.25, 0.3) is 10.9 Å². The monoisotopic (exact) mass is 272 g/mol. The highest BCUT2D eigenvalue weighted by Gasteiger charge is 2.26. The molecule has 1 amide bonds. The molecule has 20 heavy (non-hydrogen) atoms. The summed E-state index contributed by atoms with van der Waals surface area (Å²) in [7, 11) is 2.12. The fraction of sp³-hybridized carbons (Fsp3) is 0.467. The molecule has 3 rings (SSSR count). The largest absolute Gasteiger partial charge is 0.348 e. The van der Waals surface area contributed by atoms with Gasteiger partial charge in [-0.3, -0.25) is 9.89 Å². The molecule has 0 bridgehead atoms. The molecule has 2 atom stereocenters. The first-order chi connectivity index (χ1) is 9.65. The van der Waals surface area contributed by atoms with Gasteiger partial charge in [0.2, 0.25) is 0 Å². The van der Waals surface area contributed by atoms with Gasteiger partial charge in [-0.05, 0) is 32.0 Å². The van der Waals surface area contributed by atoms with E-state index in [0.717, 1.165) is 30.4 Å². The average molecular weight is 272 g/mol. The number of H-pyrrole nitrogens is 1. The second-order valence-electron chi connectivity index (χ2n) is 5.73. The quantitative estimate of drug-likeness (QED) is 0.873. The maximum absolute atomic E-state index is 12.4. The predicted octanol–water partition coefficient (Wildman–Crippen LogP) is 1.63. The summed E-state index contributed by atoms with van der Waals surface area (Å²) in [5, 5.41) is 11.1. The Morgan fingerprint density at radius 3 is 3.05 bits per heavy atom. The second kappa shape index (κ2) is 5.25. The number of carbonyl (C=O) groups is 1. The van der Waals surface area contributed by atoms with Gasteiger partial charge in [0.05, 0.1) is 5.52 Å². The van der Waals surface area contributed by atoms with Crippen LogP contribution in [0.3, 0.4) is 0 Å². The zero-order valence-electron chi connectivity index (χ0n) is 11.9. The van der Waals surface area contributed by atoms with Gasteiger partial charge in [0.15, 0.2) is 5.69 Å². The van der Waals surface area contributed by atoms with Crippen LogP contribution in [0.1, 0.15) is 23.8 Å². The van der Waals surface area contributed by atoms with Crippen LogP contribution in [-0.4, -0.2) is 47.2 Å². The molecule has 5 nitrogen and oxygen atoms in total. The van der Waals surface area contributed by atoms with Crippen LogP contribution in [0.15, 0.2) is 24.3 Å². The number of hydrogen-bond acceptors (Lipinski definition) is 3. The molecule has 2 heterocycles. The van der Waals surface area contributed by atoms with Crippen molar-refractivity contribution in [3.05, 3.63) is 30.0 Å². The van der Waals surface area contributed by atoms with Crippen molar-refractivity contribution in [2.24, 2.45) is 5.92 Å². The minimum atomic E-state index is -0.0798. The average Bonchev–Trinajstić information content (AvgIpc) is 2.86. The van der Waals surface area contributed by atoms with Crippen LogP contribution >= 0.6 is 0 Å². The van der Waals surface area contributed by atoms with Gasteiger partial charge >= 0.3 is 0 Å². The minimum absolute atomic E-state index is 0.0798. The normalized spacial score (nSPS) is 23.9. The van der Waals surface area contributed by atoms with Crippen LogP contribution in [0.4, 0.5) is 0 Å². The van der Waals surface area contributed by atoms with E-state index in [9.17, 15) is 4.79 Å². The number of fused-ring (bicyclic) bond motifs is 1. The topological polar surface area (TPSA) is 61.0 Å². The molecule has 0 radical (unpaired) electrons. The Bertz CT molecular complexity index is 621. The molecule has 106 valence electrons. The molecule has 5 heteroatoms. The Morgan fingerprint density at radius 2 is 2.25 bits per heavy atom. The Balaban J connectivity index is 1.76. The van der Waals surface area contributed by atoms with E-state index in [1.165, 1.54) is 0 Å². The number of hydrogen-bond donors (Lipinski definition) is 2. The Morgan fingerprint density at radius 1 is 1.45 bits per heavy atom. The molecule has 1 saturated heterocycles. The SMILES string of the molecule is CC1CN(C)CCC1NC(=O)c1n[nH]c2ccccc12. The Kier molecular flexibility index (Phi) is 3.44. The fourth-order valence-corrected chi connectivity index (χ4v) is 2.94. The number of carbonyl (C=O) groups excluding carboxylic acids is 1. The van der Waals surface area contributed by atoms with E-state index in [-0.39, 0.29) is 11.9 Å². The molecule has 1 fully saturated rings. The van der Waals surface area contributed by atoms with Crippen molar-refractivity contribution in [3.63, 3.8) is 0 Å². The molecule has 1 aliphatic rings. The number of benzene rings is 1. The smallest absolute Gasteiger partial charge is 0.272 e. The van der Waals surface area contributed by atoms with Gasteiger partial charge in [0, 0.05) is 18.0 Å². The number of piperidine rings is 1. The summed E-state index contributed by atoms with van der Waals surface area (Å²) in [5.41, 5.74) is 1.39. The molecule has 1 aromatic heterocycles. The molecular formula is C15H20N4O. The fourth-order valence-electron chi connectivity index (χ4n) is 2.94. The van der Waals surface area contributed by atoms with Crippen molar-refractivity contribution in [1.29, 1.82) is 0 Å². The summed E-state index contributed by atoms with van der Waals surface area (Å²) >= 11 is 0. The zero-order valence-corrected chi connectivity index (χ0v) is 11.9. The third-order valence-electron chi connectivity index (χ3n) is 4.11. The number of amides is 1. The van der Waals surface area contributed by atoms with E-state index in [4.69, 9.17) is 0 Å². The van der Waals surface area contributed by atoms with Gasteiger partial charge in [0.25, 0.3) is 5.91 Å². The van der Waals surface area contributed by atoms with Crippen molar-refractivity contribution < 1.29 is 4.79 Å². The summed E-state index contributed by atoms with van der Waals surface area (Å²) in [6.07, 6.45) is 0.992. The van der Waals surface area contributed by atoms with E-state index < -0.39 is 0 Å². The first-order valence-corrected chi connectivity index (χ1v) is 7.07. The first-order valence-electron chi connectivity index (χ1n) is 7.07. The summed E-state index contributed by atoms with van der Waals surface area (Å²) in [5.74, 6) is 0.381. The summed E-state index contributed by atoms with van der Waals surface area (Å²) < 4.78 is 0. The molecule has 2 N–H and O–H groups in total. The number of aromatic amines is 1. The lowest BCUT2D eigenvalue weighted by molar-refractivity contribution is 0.0880. The van der Waals surface area contributed by atoms with E-state index in [2.05, 4.69) is 34.4 Å². The van der Waals surface area contributed by atoms with Gasteiger partial charge in [-0.15, -0.1) is 0 Å². The van der Waals surface area contributed by atoms with Gasteiger partial charge in [-0.2, -0.15) is 5.10 Å². The first kappa shape index (κ1) is 13.1. The van der Waals surface area contributed by atoms with E-state index >= 15 is 0 Å². The van der Waals surface area contributed by atoms with Crippen LogP contribution in [0.5, 0.6) is 0 Å². The highest BCUT2D eigenvalue weighted by atomic mass is 16.2. The van der Waals surface area contributed by atoms with Crippen LogP contribution in [-0.2, 0) is 0 Å². The van der Waals surface area contributed by atoms with Crippen molar-refractivity contribution in [1.82, 2.24) is 20.4 Å². The van der Waals surface area contributed by atoms with Crippen molar-refractivity contribution in [2.75, 3.05) is 20.1 Å². The third kappa shape index (κ3) is 2.41. The number of likely N-dealkylation sites (tertiary alicyclic amines) is 1. The highest BCUT2D eigenvalue weighted by molar-refractivity contribution is 6.04. The summed E-state index contributed by atoms with van der Waals surface area (Å²) in [4.78, 5) is 14.7. The zero-order chi connectivity index (χ0) is 14.1. The molecule has 0 saturated carbocycles. The Hall–Kier alpha value is -1.88. The number of nitrogens with zero attached hydrogens (tertiary/aromatic N) is 2. The molecule has 2 aromatic rings. The number of para-hydroxylation sites is 1. The van der Waals surface area contributed by atoms with Crippen LogP contribution in [0.2, 0.25) is 0 Å². The van der Waals surface area contributed by atoms with Crippen LogP contribution < -0.4 is 5.32 Å². The third-order valence-corrected chi connectivity index (χ3v) is 4.11. The Labute approximate surface area is 118 Å². The lowest BCUT2D eigenvalue weighted by atomic mass is 9.94. The van der Waals surface area contributed by atoms with Gasteiger partial charge in [-0.1, -0.05) is 25.1 Å². The molecule has 2 unspecified atom stereocenters. The minimum Gasteiger partial charge on any atom is -0.348 e. The molecule has 0 spiro atoms. The standard InChI is InChI=1S/C15H20N4O/c1-10-9-19(2)8-7-12(10)16-15(20)14-11-5-3-4-6-13(11)17-18-14/h3-6,10,12H,7-9H2,1-2H3,(H,16,20)(H,17,18). The van der Waals surface area contributed by atoms with Gasteiger partial charge in [0.1, 0.15) is 0 Å². The number of aromatic nitrogens is 2. The highest BCUT2D eigenvalue weighted by Crippen LogP contribution is 2.18. The van der Waals surface area contributed by atoms with Gasteiger partial charge in [-0.25, -0.2) is 0 Å². The van der Waals surface area contributed by atoms with Crippen molar-refractivity contribution >= 4 is 16.8 Å². The maximum Gasteiger partial charge on any atom is 0.272 e. The predicted molar refractivity (Wildman–Crippen MR) is 78.6 cm³/mol. The van der Waals surface area contributed by atoms with Gasteiger partial charge < -0.3 is 10.2 Å². The summed E-state index contributed by atoms with van der Waals surface area (Å²) in [6, 6.07) is 7.94. The molecular weight excluding hydrogens is 252 g/mol.